The lowest BCUT2D eigenvalue weighted by Crippen LogP contribution is -2.34. The maximum atomic E-state index is 12.6. The van der Waals surface area contributed by atoms with Gasteiger partial charge in [-0.15, -0.1) is 11.8 Å². The van der Waals surface area contributed by atoms with Gasteiger partial charge in [-0.25, -0.2) is 0 Å². The Kier molecular flexibility index (Phi) is 4.38. The molecule has 6 heteroatoms. The molecule has 126 valence electrons. The summed E-state index contributed by atoms with van der Waals surface area (Å²) in [6, 6.07) is 9.64. The van der Waals surface area contributed by atoms with Crippen molar-refractivity contribution >= 4 is 17.7 Å². The second-order valence-electron chi connectivity index (χ2n) is 5.91. The molecule has 0 saturated carbocycles. The molecule has 0 unspecified atom stereocenters. The Hall–Kier alpha value is -2.08. The Labute approximate surface area is 144 Å². The van der Waals surface area contributed by atoms with Gasteiger partial charge in [-0.2, -0.15) is 0 Å². The zero-order valence-electron chi connectivity index (χ0n) is 13.3. The van der Waals surface area contributed by atoms with E-state index in [2.05, 4.69) is 0 Å². The Morgan fingerprint density at radius 1 is 1.21 bits per heavy atom. The van der Waals surface area contributed by atoms with Gasteiger partial charge in [-0.1, -0.05) is 6.07 Å². The smallest absolute Gasteiger partial charge is 0.231 e. The van der Waals surface area contributed by atoms with Crippen LogP contribution in [0.4, 0.5) is 0 Å². The quantitative estimate of drug-likeness (QED) is 0.855. The van der Waals surface area contributed by atoms with E-state index in [-0.39, 0.29) is 12.7 Å². The molecule has 1 saturated heterocycles. The first-order chi connectivity index (χ1) is 11.8. The number of amides is 1. The molecule has 0 spiro atoms. The third-order valence-electron chi connectivity index (χ3n) is 4.35. The van der Waals surface area contributed by atoms with Crippen molar-refractivity contribution in [1.82, 2.24) is 4.90 Å². The lowest BCUT2D eigenvalue weighted by molar-refractivity contribution is -0.130. The minimum Gasteiger partial charge on any atom is -0.468 e. The molecule has 1 atom stereocenters. The summed E-state index contributed by atoms with van der Waals surface area (Å²) in [6.45, 7) is 1.80. The number of rotatable bonds is 3. The molecule has 0 radical (unpaired) electrons. The van der Waals surface area contributed by atoms with E-state index in [1.54, 1.807) is 6.26 Å². The van der Waals surface area contributed by atoms with Crippen LogP contribution in [0.25, 0.3) is 0 Å². The summed E-state index contributed by atoms with van der Waals surface area (Å²) >= 11 is 1.86. The van der Waals surface area contributed by atoms with E-state index >= 15 is 0 Å². The van der Waals surface area contributed by atoms with Gasteiger partial charge in [0.1, 0.15) is 5.76 Å². The molecular weight excluding hydrogens is 326 g/mol. The Morgan fingerprint density at radius 2 is 2.12 bits per heavy atom. The molecule has 3 heterocycles. The minimum atomic E-state index is 0.162. The number of furan rings is 1. The summed E-state index contributed by atoms with van der Waals surface area (Å²) in [6.07, 6.45) is 3.03. The number of thioether (sulfide) groups is 1. The average Bonchev–Trinajstić information content (AvgIpc) is 3.22. The van der Waals surface area contributed by atoms with Crippen molar-refractivity contribution in [1.29, 1.82) is 0 Å². The third-order valence-corrected chi connectivity index (χ3v) is 5.64. The van der Waals surface area contributed by atoms with Crippen LogP contribution >= 0.6 is 11.8 Å². The number of benzene rings is 1. The van der Waals surface area contributed by atoms with Crippen molar-refractivity contribution in [3.8, 4) is 11.5 Å². The van der Waals surface area contributed by atoms with E-state index in [0.717, 1.165) is 48.1 Å². The SMILES string of the molecule is O=C(Cc1ccc2c(c1)OCO2)N1CCS[C@@H](c2ccco2)CC1. The zero-order chi connectivity index (χ0) is 16.4. The van der Waals surface area contributed by atoms with Crippen molar-refractivity contribution in [2.45, 2.75) is 18.1 Å². The predicted octanol–water partition coefficient (Wildman–Crippen LogP) is 3.26. The van der Waals surface area contributed by atoms with Crippen LogP contribution in [0.1, 0.15) is 23.0 Å². The molecule has 0 aliphatic carbocycles. The van der Waals surface area contributed by atoms with Crippen LogP contribution in [0.15, 0.2) is 41.0 Å². The highest BCUT2D eigenvalue weighted by molar-refractivity contribution is 7.99. The van der Waals surface area contributed by atoms with Crippen LogP contribution in [0, 0.1) is 0 Å². The molecule has 0 bridgehead atoms. The van der Waals surface area contributed by atoms with E-state index < -0.39 is 0 Å². The monoisotopic (exact) mass is 345 g/mol. The number of carbonyl (C=O) groups excluding carboxylic acids is 1. The van der Waals surface area contributed by atoms with Crippen molar-refractivity contribution in [2.24, 2.45) is 0 Å². The number of ether oxygens (including phenoxy) is 2. The van der Waals surface area contributed by atoms with Gasteiger partial charge < -0.3 is 18.8 Å². The lowest BCUT2D eigenvalue weighted by atomic mass is 10.1. The third kappa shape index (κ3) is 3.24. The van der Waals surface area contributed by atoms with Crippen LogP contribution in [0.3, 0.4) is 0 Å². The fourth-order valence-corrected chi connectivity index (χ4v) is 4.24. The maximum Gasteiger partial charge on any atom is 0.231 e. The van der Waals surface area contributed by atoms with Crippen LogP contribution in [-0.4, -0.2) is 36.4 Å². The molecule has 5 nitrogen and oxygen atoms in total. The van der Waals surface area contributed by atoms with Gasteiger partial charge in [0.05, 0.1) is 17.9 Å². The van der Waals surface area contributed by atoms with Gasteiger partial charge in [-0.05, 0) is 36.2 Å². The van der Waals surface area contributed by atoms with Crippen LogP contribution < -0.4 is 9.47 Å². The van der Waals surface area contributed by atoms with Crippen molar-refractivity contribution in [2.75, 3.05) is 25.6 Å². The second-order valence-corrected chi connectivity index (χ2v) is 7.22. The summed E-state index contributed by atoms with van der Waals surface area (Å²) in [5.74, 6) is 3.57. The van der Waals surface area contributed by atoms with Crippen LogP contribution in [0.2, 0.25) is 0 Å². The second kappa shape index (κ2) is 6.81. The molecule has 2 aromatic rings. The number of hydrogen-bond acceptors (Lipinski definition) is 5. The molecule has 1 amide bonds. The van der Waals surface area contributed by atoms with Gasteiger partial charge in [0.25, 0.3) is 0 Å². The minimum absolute atomic E-state index is 0.162. The topological polar surface area (TPSA) is 51.9 Å². The van der Waals surface area contributed by atoms with Gasteiger partial charge in [0, 0.05) is 18.8 Å². The lowest BCUT2D eigenvalue weighted by Gasteiger charge is -2.20. The Bertz CT molecular complexity index is 716. The van der Waals surface area contributed by atoms with Crippen LogP contribution in [0.5, 0.6) is 11.5 Å². The predicted molar refractivity (Wildman–Crippen MR) is 91.4 cm³/mol. The van der Waals surface area contributed by atoms with Gasteiger partial charge in [-0.3, -0.25) is 4.79 Å². The first-order valence-corrected chi connectivity index (χ1v) is 9.16. The largest absolute Gasteiger partial charge is 0.468 e. The fraction of sp³-hybridized carbons (Fsp3) is 0.389. The molecule has 1 aromatic heterocycles. The average molecular weight is 345 g/mol. The maximum absolute atomic E-state index is 12.6. The fourth-order valence-electron chi connectivity index (χ4n) is 3.06. The standard InChI is InChI=1S/C18H19NO4S/c20-18(11-13-3-4-14-16(10-13)23-12-22-14)19-6-5-17(24-9-7-19)15-2-1-8-21-15/h1-4,8,10,17H,5-7,9,11-12H2/t17-/m1/s1. The Morgan fingerprint density at radius 3 is 3.00 bits per heavy atom. The molecule has 4 rings (SSSR count). The van der Waals surface area contributed by atoms with Crippen molar-refractivity contribution in [3.63, 3.8) is 0 Å². The Balaban J connectivity index is 1.38. The zero-order valence-corrected chi connectivity index (χ0v) is 14.1. The summed E-state index contributed by atoms with van der Waals surface area (Å²) in [5, 5.41) is 0.336. The molecular formula is C18H19NO4S. The van der Waals surface area contributed by atoms with E-state index in [1.807, 2.05) is 47.0 Å². The van der Waals surface area contributed by atoms with Crippen molar-refractivity contribution < 1.29 is 18.7 Å². The number of nitrogens with zero attached hydrogens (tertiary/aromatic N) is 1. The summed E-state index contributed by atoms with van der Waals surface area (Å²) in [4.78, 5) is 14.6. The normalized spacial score (nSPS) is 20.0. The first-order valence-electron chi connectivity index (χ1n) is 8.11. The number of carbonyl (C=O) groups is 1. The highest BCUT2D eigenvalue weighted by Crippen LogP contribution is 2.35. The molecule has 1 fully saturated rings. The first kappa shape index (κ1) is 15.4. The number of hydrogen-bond donors (Lipinski definition) is 0. The summed E-state index contributed by atoms with van der Waals surface area (Å²) in [7, 11) is 0. The van der Waals surface area contributed by atoms with Gasteiger partial charge in [0.15, 0.2) is 11.5 Å². The van der Waals surface area contributed by atoms with Gasteiger partial charge >= 0.3 is 0 Å². The summed E-state index contributed by atoms with van der Waals surface area (Å²) < 4.78 is 16.2. The number of fused-ring (bicyclic) bond motifs is 1. The van der Waals surface area contributed by atoms with E-state index in [9.17, 15) is 4.79 Å². The van der Waals surface area contributed by atoms with E-state index in [1.165, 1.54) is 0 Å². The van der Waals surface area contributed by atoms with E-state index in [4.69, 9.17) is 13.9 Å². The molecule has 2 aliphatic rings. The molecule has 1 aromatic carbocycles. The van der Waals surface area contributed by atoms with Crippen molar-refractivity contribution in [3.05, 3.63) is 47.9 Å². The highest BCUT2D eigenvalue weighted by Gasteiger charge is 2.24. The highest BCUT2D eigenvalue weighted by atomic mass is 32.2. The summed E-state index contributed by atoms with van der Waals surface area (Å²) in [5.41, 5.74) is 0.962. The molecule has 0 N–H and O–H groups in total. The molecule has 24 heavy (non-hydrogen) atoms. The van der Waals surface area contributed by atoms with E-state index in [0.29, 0.717) is 11.7 Å². The molecule has 2 aliphatic heterocycles. The van der Waals surface area contributed by atoms with Crippen LogP contribution in [-0.2, 0) is 11.2 Å². The van der Waals surface area contributed by atoms with Gasteiger partial charge in [0.2, 0.25) is 12.7 Å².